The molecule has 0 fully saturated rings. The molecule has 6 nitrogen and oxygen atoms in total. The molecule has 0 bridgehead atoms. The lowest BCUT2D eigenvalue weighted by Crippen LogP contribution is -2.24. The maximum atomic E-state index is 11.7. The summed E-state index contributed by atoms with van der Waals surface area (Å²) in [5.74, 6) is -1.02. The van der Waals surface area contributed by atoms with Gasteiger partial charge in [-0.1, -0.05) is 12.1 Å². The van der Waals surface area contributed by atoms with Crippen molar-refractivity contribution in [2.75, 3.05) is 0 Å². The minimum absolute atomic E-state index is 0.0644. The molecule has 6 heteroatoms. The van der Waals surface area contributed by atoms with Gasteiger partial charge in [-0.05, 0) is 30.2 Å². The van der Waals surface area contributed by atoms with Gasteiger partial charge in [0.15, 0.2) is 0 Å². The molecule has 1 amide bonds. The van der Waals surface area contributed by atoms with Crippen molar-refractivity contribution in [1.82, 2.24) is 15.1 Å². The molecular formula is C15H17N3O3. The fraction of sp³-hybridized carbons (Fsp3) is 0.267. The van der Waals surface area contributed by atoms with E-state index in [1.807, 2.05) is 13.1 Å². The van der Waals surface area contributed by atoms with E-state index in [4.69, 9.17) is 5.11 Å². The summed E-state index contributed by atoms with van der Waals surface area (Å²) in [6.07, 6.45) is 3.99. The number of carboxylic acid groups (broad SMARTS) is 1. The predicted molar refractivity (Wildman–Crippen MR) is 76.8 cm³/mol. The normalized spacial score (nSPS) is 10.3. The van der Waals surface area contributed by atoms with Crippen LogP contribution in [0.5, 0.6) is 0 Å². The van der Waals surface area contributed by atoms with Crippen molar-refractivity contribution in [3.63, 3.8) is 0 Å². The third-order valence-electron chi connectivity index (χ3n) is 3.02. The predicted octanol–water partition coefficient (Wildman–Crippen LogP) is 1.60. The number of rotatable bonds is 6. The molecule has 0 aliphatic heterocycles. The highest BCUT2D eigenvalue weighted by atomic mass is 16.4. The van der Waals surface area contributed by atoms with Crippen LogP contribution in [0.1, 0.15) is 27.9 Å². The number of aromatic carboxylic acids is 1. The molecule has 0 spiro atoms. The summed E-state index contributed by atoms with van der Waals surface area (Å²) >= 11 is 0. The summed E-state index contributed by atoms with van der Waals surface area (Å²) in [6.45, 7) is 2.87. The molecule has 0 radical (unpaired) electrons. The van der Waals surface area contributed by atoms with Gasteiger partial charge < -0.3 is 10.4 Å². The Bertz CT molecular complexity index is 632. The minimum Gasteiger partial charge on any atom is -0.478 e. The Hall–Kier alpha value is -2.63. The summed E-state index contributed by atoms with van der Waals surface area (Å²) in [7, 11) is 0. The first kappa shape index (κ1) is 14.8. The summed E-state index contributed by atoms with van der Waals surface area (Å²) in [5.41, 5.74) is 2.16. The Balaban J connectivity index is 1.77. The van der Waals surface area contributed by atoms with Gasteiger partial charge in [-0.2, -0.15) is 5.10 Å². The standard InChI is InChI=1S/C15H17N3O3/c1-11-8-17-18(10-11)7-6-14(19)16-9-12-2-4-13(5-3-12)15(20)21/h2-5,8,10H,6-7,9H2,1H3,(H,16,19)(H,20,21). The summed E-state index contributed by atoms with van der Waals surface area (Å²) in [6, 6.07) is 6.44. The van der Waals surface area contributed by atoms with E-state index in [1.54, 1.807) is 23.0 Å². The SMILES string of the molecule is Cc1cnn(CCC(=O)NCc2ccc(C(=O)O)cc2)c1. The first-order valence-electron chi connectivity index (χ1n) is 6.62. The highest BCUT2D eigenvalue weighted by Gasteiger charge is 2.04. The van der Waals surface area contributed by atoms with Gasteiger partial charge in [0, 0.05) is 25.7 Å². The second-order valence-corrected chi connectivity index (χ2v) is 4.81. The molecule has 0 aliphatic carbocycles. The number of carboxylic acids is 1. The first-order valence-corrected chi connectivity index (χ1v) is 6.62. The van der Waals surface area contributed by atoms with E-state index >= 15 is 0 Å². The fourth-order valence-electron chi connectivity index (χ4n) is 1.86. The van der Waals surface area contributed by atoms with Crippen LogP contribution in [0.2, 0.25) is 0 Å². The number of aromatic nitrogens is 2. The first-order chi connectivity index (χ1) is 10.0. The lowest BCUT2D eigenvalue weighted by molar-refractivity contribution is -0.121. The van der Waals surface area contributed by atoms with E-state index in [9.17, 15) is 9.59 Å². The molecule has 1 aromatic heterocycles. The van der Waals surface area contributed by atoms with Crippen LogP contribution in [0.25, 0.3) is 0 Å². The molecule has 0 unspecified atom stereocenters. The Morgan fingerprint density at radius 1 is 1.29 bits per heavy atom. The van der Waals surface area contributed by atoms with Crippen molar-refractivity contribution in [2.45, 2.75) is 26.4 Å². The lowest BCUT2D eigenvalue weighted by Gasteiger charge is -2.06. The van der Waals surface area contributed by atoms with Crippen LogP contribution in [0, 0.1) is 6.92 Å². The smallest absolute Gasteiger partial charge is 0.335 e. The van der Waals surface area contributed by atoms with Crippen LogP contribution in [0.3, 0.4) is 0 Å². The second-order valence-electron chi connectivity index (χ2n) is 4.81. The molecule has 2 N–H and O–H groups in total. The molecule has 1 heterocycles. The molecular weight excluding hydrogens is 270 g/mol. The highest BCUT2D eigenvalue weighted by Crippen LogP contribution is 2.04. The summed E-state index contributed by atoms with van der Waals surface area (Å²) in [5, 5.41) is 15.7. The van der Waals surface area contributed by atoms with Crippen LogP contribution < -0.4 is 5.32 Å². The Labute approximate surface area is 122 Å². The van der Waals surface area contributed by atoms with E-state index in [-0.39, 0.29) is 11.5 Å². The van der Waals surface area contributed by atoms with Crippen molar-refractivity contribution < 1.29 is 14.7 Å². The van der Waals surface area contributed by atoms with Gasteiger partial charge in [0.05, 0.1) is 11.8 Å². The van der Waals surface area contributed by atoms with Gasteiger partial charge in [0.2, 0.25) is 5.91 Å². The average Bonchev–Trinajstić information content (AvgIpc) is 2.89. The zero-order valence-corrected chi connectivity index (χ0v) is 11.7. The Kier molecular flexibility index (Phi) is 4.71. The minimum atomic E-state index is -0.958. The van der Waals surface area contributed by atoms with Crippen LogP contribution in [-0.2, 0) is 17.9 Å². The fourth-order valence-corrected chi connectivity index (χ4v) is 1.86. The summed E-state index contributed by atoms with van der Waals surface area (Å²) < 4.78 is 1.73. The molecule has 0 saturated carbocycles. The Morgan fingerprint density at radius 2 is 2.00 bits per heavy atom. The van der Waals surface area contributed by atoms with Gasteiger partial charge in [-0.15, -0.1) is 0 Å². The number of carbonyl (C=O) groups is 2. The number of aryl methyl sites for hydroxylation is 2. The van der Waals surface area contributed by atoms with Crippen molar-refractivity contribution in [1.29, 1.82) is 0 Å². The highest BCUT2D eigenvalue weighted by molar-refractivity contribution is 5.87. The number of carbonyl (C=O) groups excluding carboxylic acids is 1. The monoisotopic (exact) mass is 287 g/mol. The molecule has 0 aliphatic rings. The lowest BCUT2D eigenvalue weighted by atomic mass is 10.1. The quantitative estimate of drug-likeness (QED) is 0.845. The molecule has 1 aromatic carbocycles. The number of hydrogen-bond donors (Lipinski definition) is 2. The molecule has 2 rings (SSSR count). The number of amides is 1. The maximum Gasteiger partial charge on any atom is 0.335 e. The molecule has 2 aromatic rings. The Morgan fingerprint density at radius 3 is 2.57 bits per heavy atom. The maximum absolute atomic E-state index is 11.7. The van der Waals surface area contributed by atoms with Crippen molar-refractivity contribution in [3.05, 3.63) is 53.3 Å². The van der Waals surface area contributed by atoms with Gasteiger partial charge in [0.1, 0.15) is 0 Å². The van der Waals surface area contributed by atoms with E-state index in [1.165, 1.54) is 12.1 Å². The van der Waals surface area contributed by atoms with E-state index < -0.39 is 5.97 Å². The van der Waals surface area contributed by atoms with Crippen LogP contribution in [-0.4, -0.2) is 26.8 Å². The topological polar surface area (TPSA) is 84.2 Å². The van der Waals surface area contributed by atoms with Gasteiger partial charge in [0.25, 0.3) is 0 Å². The number of benzene rings is 1. The van der Waals surface area contributed by atoms with E-state index in [0.29, 0.717) is 19.5 Å². The van der Waals surface area contributed by atoms with Crippen molar-refractivity contribution in [3.8, 4) is 0 Å². The summed E-state index contributed by atoms with van der Waals surface area (Å²) in [4.78, 5) is 22.4. The molecule has 110 valence electrons. The molecule has 0 saturated heterocycles. The third-order valence-corrected chi connectivity index (χ3v) is 3.02. The number of nitrogens with zero attached hydrogens (tertiary/aromatic N) is 2. The number of hydrogen-bond acceptors (Lipinski definition) is 3. The molecule has 21 heavy (non-hydrogen) atoms. The largest absolute Gasteiger partial charge is 0.478 e. The van der Waals surface area contributed by atoms with Crippen LogP contribution >= 0.6 is 0 Å². The van der Waals surface area contributed by atoms with Crippen LogP contribution in [0.15, 0.2) is 36.7 Å². The van der Waals surface area contributed by atoms with Gasteiger partial charge >= 0.3 is 5.97 Å². The average molecular weight is 287 g/mol. The third kappa shape index (κ3) is 4.45. The van der Waals surface area contributed by atoms with Gasteiger partial charge in [-0.3, -0.25) is 9.48 Å². The van der Waals surface area contributed by atoms with Crippen molar-refractivity contribution >= 4 is 11.9 Å². The van der Waals surface area contributed by atoms with E-state index in [0.717, 1.165) is 11.1 Å². The molecule has 0 atom stereocenters. The van der Waals surface area contributed by atoms with Crippen LogP contribution in [0.4, 0.5) is 0 Å². The van der Waals surface area contributed by atoms with Crippen molar-refractivity contribution in [2.24, 2.45) is 0 Å². The van der Waals surface area contributed by atoms with E-state index in [2.05, 4.69) is 10.4 Å². The van der Waals surface area contributed by atoms with Gasteiger partial charge in [-0.25, -0.2) is 4.79 Å². The zero-order chi connectivity index (χ0) is 15.2. The number of nitrogens with one attached hydrogen (secondary N) is 1. The second kappa shape index (κ2) is 6.69. The zero-order valence-electron chi connectivity index (χ0n) is 11.7.